The molecule has 1 aromatic carbocycles. The van der Waals surface area contributed by atoms with Crippen molar-refractivity contribution in [3.8, 4) is 5.75 Å². The summed E-state index contributed by atoms with van der Waals surface area (Å²) in [5.41, 5.74) is 1.24. The lowest BCUT2D eigenvalue weighted by molar-refractivity contribution is 0.460. The zero-order chi connectivity index (χ0) is 8.43. The summed E-state index contributed by atoms with van der Waals surface area (Å²) < 4.78 is 0. The Hall–Kier alpha value is -1.44. The number of hydrogen-bond acceptors (Lipinski definition) is 2. The highest BCUT2D eigenvalue weighted by atomic mass is 16.3. The van der Waals surface area contributed by atoms with Crippen molar-refractivity contribution in [3.63, 3.8) is 0 Å². The molecule has 2 heteroatoms. The Morgan fingerprint density at radius 2 is 2.09 bits per heavy atom. The highest BCUT2D eigenvalue weighted by Crippen LogP contribution is 2.25. The van der Waals surface area contributed by atoms with Gasteiger partial charge in [-0.25, -0.2) is 0 Å². The van der Waals surface area contributed by atoms with Crippen molar-refractivity contribution in [2.75, 3.05) is 0 Å². The molecule has 0 saturated carbocycles. The van der Waals surface area contributed by atoms with Crippen molar-refractivity contribution < 1.29 is 10.2 Å². The van der Waals surface area contributed by atoms with Crippen LogP contribution in [0.15, 0.2) is 24.8 Å². The maximum absolute atomic E-state index is 9.24. The van der Waals surface area contributed by atoms with Crippen LogP contribution in [0, 0.1) is 6.92 Å². The van der Waals surface area contributed by atoms with E-state index in [-0.39, 0.29) is 11.5 Å². The molecular weight excluding hydrogens is 140 g/mol. The number of hydrogen-bond donors (Lipinski definition) is 2. The monoisotopic (exact) mass is 150 g/mol. The Morgan fingerprint density at radius 1 is 1.45 bits per heavy atom. The van der Waals surface area contributed by atoms with E-state index in [9.17, 15) is 5.11 Å². The van der Waals surface area contributed by atoms with Crippen LogP contribution in [-0.4, -0.2) is 10.2 Å². The van der Waals surface area contributed by atoms with Gasteiger partial charge in [0.2, 0.25) is 0 Å². The first-order valence-electron chi connectivity index (χ1n) is 3.29. The standard InChI is InChI=1S/C9H10O2/c1-6-4-3-5-8(11)9(6)7(2)10/h3-5,10-11H,2H2,1H3. The SMILES string of the molecule is C=C(O)c1c(C)cccc1O. The molecular formula is C9H10O2. The summed E-state index contributed by atoms with van der Waals surface area (Å²) in [5.74, 6) is -0.0295. The molecule has 0 unspecified atom stereocenters. The van der Waals surface area contributed by atoms with Crippen LogP contribution in [0.25, 0.3) is 5.76 Å². The zero-order valence-corrected chi connectivity index (χ0v) is 6.33. The van der Waals surface area contributed by atoms with E-state index < -0.39 is 0 Å². The van der Waals surface area contributed by atoms with Gasteiger partial charge in [0.15, 0.2) is 0 Å². The topological polar surface area (TPSA) is 40.5 Å². The van der Waals surface area contributed by atoms with E-state index in [1.165, 1.54) is 6.07 Å². The zero-order valence-electron chi connectivity index (χ0n) is 6.33. The second kappa shape index (κ2) is 2.66. The molecule has 58 valence electrons. The molecule has 0 aromatic heterocycles. The Kier molecular flexibility index (Phi) is 1.85. The maximum atomic E-state index is 9.24. The van der Waals surface area contributed by atoms with E-state index >= 15 is 0 Å². The highest BCUT2D eigenvalue weighted by Gasteiger charge is 2.05. The van der Waals surface area contributed by atoms with Crippen LogP contribution in [0.2, 0.25) is 0 Å². The van der Waals surface area contributed by atoms with Crippen molar-refractivity contribution in [2.24, 2.45) is 0 Å². The third-order valence-corrected chi connectivity index (χ3v) is 1.54. The average Bonchev–Trinajstić information content (AvgIpc) is 1.85. The van der Waals surface area contributed by atoms with Crippen LogP contribution in [0.1, 0.15) is 11.1 Å². The third kappa shape index (κ3) is 1.34. The third-order valence-electron chi connectivity index (χ3n) is 1.54. The molecule has 0 aliphatic heterocycles. The van der Waals surface area contributed by atoms with Gasteiger partial charge in [-0.1, -0.05) is 18.7 Å². The Labute approximate surface area is 65.4 Å². The van der Waals surface area contributed by atoms with Gasteiger partial charge < -0.3 is 10.2 Å². The lowest BCUT2D eigenvalue weighted by Gasteiger charge is -2.04. The van der Waals surface area contributed by atoms with Crippen molar-refractivity contribution in [1.82, 2.24) is 0 Å². The Balaban J connectivity index is 3.32. The Bertz CT molecular complexity index is 269. The largest absolute Gasteiger partial charge is 0.508 e. The molecule has 0 spiro atoms. The molecule has 0 radical (unpaired) electrons. The number of aryl methyl sites for hydroxylation is 1. The second-order valence-electron chi connectivity index (χ2n) is 2.42. The van der Waals surface area contributed by atoms with Crippen LogP contribution >= 0.6 is 0 Å². The van der Waals surface area contributed by atoms with Gasteiger partial charge in [-0.3, -0.25) is 0 Å². The fourth-order valence-corrected chi connectivity index (χ4v) is 1.03. The predicted molar refractivity (Wildman–Crippen MR) is 44.5 cm³/mol. The number of aliphatic hydroxyl groups excluding tert-OH is 1. The number of aliphatic hydroxyl groups is 1. The van der Waals surface area contributed by atoms with E-state index in [2.05, 4.69) is 6.58 Å². The van der Waals surface area contributed by atoms with Crippen LogP contribution in [0.3, 0.4) is 0 Å². The highest BCUT2D eigenvalue weighted by molar-refractivity contribution is 5.65. The summed E-state index contributed by atoms with van der Waals surface area (Å²) in [5, 5.41) is 18.3. The predicted octanol–water partition coefficient (Wildman–Crippen LogP) is 2.23. The minimum absolute atomic E-state index is 0.0671. The van der Waals surface area contributed by atoms with E-state index in [0.29, 0.717) is 5.56 Å². The van der Waals surface area contributed by atoms with Crippen molar-refractivity contribution in [2.45, 2.75) is 6.92 Å². The van der Waals surface area contributed by atoms with Gasteiger partial charge in [0, 0.05) is 0 Å². The van der Waals surface area contributed by atoms with Gasteiger partial charge in [0.1, 0.15) is 11.5 Å². The average molecular weight is 150 g/mol. The van der Waals surface area contributed by atoms with E-state index in [4.69, 9.17) is 5.11 Å². The van der Waals surface area contributed by atoms with E-state index in [0.717, 1.165) is 5.56 Å². The maximum Gasteiger partial charge on any atom is 0.126 e. The number of phenols is 1. The van der Waals surface area contributed by atoms with Gasteiger partial charge in [0.25, 0.3) is 0 Å². The summed E-state index contributed by atoms with van der Waals surface area (Å²) in [7, 11) is 0. The normalized spacial score (nSPS) is 9.55. The first-order chi connectivity index (χ1) is 5.13. The van der Waals surface area contributed by atoms with Crippen molar-refractivity contribution >= 4 is 5.76 Å². The van der Waals surface area contributed by atoms with Gasteiger partial charge in [0.05, 0.1) is 5.56 Å². The van der Waals surface area contributed by atoms with Crippen molar-refractivity contribution in [1.29, 1.82) is 0 Å². The molecule has 0 saturated heterocycles. The van der Waals surface area contributed by atoms with Crippen LogP contribution in [0.4, 0.5) is 0 Å². The first-order valence-corrected chi connectivity index (χ1v) is 3.29. The van der Waals surface area contributed by atoms with Gasteiger partial charge in [-0.2, -0.15) is 0 Å². The molecule has 2 N–H and O–H groups in total. The molecule has 11 heavy (non-hydrogen) atoms. The number of rotatable bonds is 1. The number of aromatic hydroxyl groups is 1. The van der Waals surface area contributed by atoms with Crippen LogP contribution in [-0.2, 0) is 0 Å². The number of phenolic OH excluding ortho intramolecular Hbond substituents is 1. The fourth-order valence-electron chi connectivity index (χ4n) is 1.03. The first kappa shape index (κ1) is 7.66. The summed E-state index contributed by atoms with van der Waals surface area (Å²) in [6.45, 7) is 5.14. The fraction of sp³-hybridized carbons (Fsp3) is 0.111. The molecule has 1 aromatic rings. The minimum Gasteiger partial charge on any atom is -0.508 e. The van der Waals surface area contributed by atoms with E-state index in [1.54, 1.807) is 19.1 Å². The molecule has 1 rings (SSSR count). The minimum atomic E-state index is -0.0967. The molecule has 0 atom stereocenters. The summed E-state index contributed by atoms with van der Waals surface area (Å²) >= 11 is 0. The van der Waals surface area contributed by atoms with Crippen LogP contribution < -0.4 is 0 Å². The second-order valence-corrected chi connectivity index (χ2v) is 2.42. The summed E-state index contributed by atoms with van der Waals surface area (Å²) in [6.07, 6.45) is 0. The lowest BCUT2D eigenvalue weighted by atomic mass is 10.1. The number of benzene rings is 1. The molecule has 0 heterocycles. The van der Waals surface area contributed by atoms with Crippen LogP contribution in [0.5, 0.6) is 5.75 Å². The molecule has 0 amide bonds. The van der Waals surface area contributed by atoms with Gasteiger partial charge in [-0.15, -0.1) is 0 Å². The van der Waals surface area contributed by atoms with Gasteiger partial charge >= 0.3 is 0 Å². The van der Waals surface area contributed by atoms with Crippen molar-refractivity contribution in [3.05, 3.63) is 35.9 Å². The van der Waals surface area contributed by atoms with Gasteiger partial charge in [-0.05, 0) is 18.6 Å². The summed E-state index contributed by atoms with van der Waals surface area (Å²) in [6, 6.07) is 5.04. The molecule has 0 bridgehead atoms. The molecule has 0 fully saturated rings. The molecule has 2 nitrogen and oxygen atoms in total. The molecule has 0 aliphatic rings. The smallest absolute Gasteiger partial charge is 0.126 e. The quantitative estimate of drug-likeness (QED) is 0.602. The lowest BCUT2D eigenvalue weighted by Crippen LogP contribution is -1.86. The summed E-state index contributed by atoms with van der Waals surface area (Å²) in [4.78, 5) is 0. The Morgan fingerprint density at radius 3 is 2.45 bits per heavy atom. The molecule has 0 aliphatic carbocycles. The van der Waals surface area contributed by atoms with E-state index in [1.807, 2.05) is 0 Å².